The molecular formula is C23H32FIN4. The van der Waals surface area contributed by atoms with Crippen LogP contribution in [-0.2, 0) is 12.8 Å². The summed E-state index contributed by atoms with van der Waals surface area (Å²) in [7, 11) is 1.80. The Balaban J connectivity index is 0.00000300. The molecule has 1 saturated heterocycles. The van der Waals surface area contributed by atoms with E-state index in [2.05, 4.69) is 50.9 Å². The Bertz CT molecular complexity index is 736. The molecule has 0 saturated carbocycles. The molecule has 0 radical (unpaired) electrons. The molecule has 6 heteroatoms. The van der Waals surface area contributed by atoms with Crippen LogP contribution in [0.15, 0.2) is 59.6 Å². The van der Waals surface area contributed by atoms with Crippen LogP contribution in [0.2, 0.25) is 0 Å². The zero-order chi connectivity index (χ0) is 19.6. The molecule has 158 valence electrons. The van der Waals surface area contributed by atoms with Gasteiger partial charge in [0.2, 0.25) is 0 Å². The molecule has 2 aromatic carbocycles. The molecule has 2 N–H and O–H groups in total. The lowest BCUT2D eigenvalue weighted by atomic mass is 10.1. The molecule has 1 fully saturated rings. The van der Waals surface area contributed by atoms with Crippen LogP contribution in [0.4, 0.5) is 4.39 Å². The molecule has 0 amide bonds. The van der Waals surface area contributed by atoms with E-state index in [0.717, 1.165) is 50.5 Å². The fraction of sp³-hybridized carbons (Fsp3) is 0.435. The van der Waals surface area contributed by atoms with Gasteiger partial charge in [0.15, 0.2) is 5.96 Å². The van der Waals surface area contributed by atoms with Crippen molar-refractivity contribution in [3.05, 3.63) is 71.5 Å². The van der Waals surface area contributed by atoms with E-state index in [1.54, 1.807) is 7.05 Å². The molecule has 0 spiro atoms. The number of hydrogen-bond acceptors (Lipinski definition) is 2. The van der Waals surface area contributed by atoms with Gasteiger partial charge in [-0.1, -0.05) is 42.5 Å². The standard InChI is InChI=1S/C23H31FN4.HI/c1-25-23(26-14-11-20-7-9-22(24)10-8-20)27-17-21-13-16-28(18-21)15-12-19-5-3-2-4-6-19;/h2-10,21H,11-18H2,1H3,(H2,25,26,27);1H. The monoisotopic (exact) mass is 510 g/mol. The number of nitrogens with zero attached hydrogens (tertiary/aromatic N) is 2. The van der Waals surface area contributed by atoms with Crippen molar-refractivity contribution in [3.63, 3.8) is 0 Å². The molecule has 0 bridgehead atoms. The number of hydrogen-bond donors (Lipinski definition) is 2. The highest BCUT2D eigenvalue weighted by Gasteiger charge is 2.22. The third-order valence-electron chi connectivity index (χ3n) is 5.33. The highest BCUT2D eigenvalue weighted by Crippen LogP contribution is 2.16. The Morgan fingerprint density at radius 2 is 1.76 bits per heavy atom. The van der Waals surface area contributed by atoms with Crippen molar-refractivity contribution in [3.8, 4) is 0 Å². The van der Waals surface area contributed by atoms with Gasteiger partial charge in [0, 0.05) is 33.2 Å². The molecule has 2 aromatic rings. The molecule has 0 aliphatic carbocycles. The maximum atomic E-state index is 13.0. The van der Waals surface area contributed by atoms with E-state index < -0.39 is 0 Å². The van der Waals surface area contributed by atoms with E-state index in [0.29, 0.717) is 5.92 Å². The van der Waals surface area contributed by atoms with Crippen molar-refractivity contribution in [1.82, 2.24) is 15.5 Å². The minimum atomic E-state index is -0.191. The van der Waals surface area contributed by atoms with Crippen LogP contribution in [0.25, 0.3) is 0 Å². The maximum absolute atomic E-state index is 13.0. The molecule has 1 aliphatic rings. The van der Waals surface area contributed by atoms with E-state index in [1.807, 2.05) is 12.1 Å². The molecule has 3 rings (SSSR count). The Kier molecular flexibility index (Phi) is 10.4. The second-order valence-corrected chi connectivity index (χ2v) is 7.45. The van der Waals surface area contributed by atoms with Gasteiger partial charge in [-0.15, -0.1) is 24.0 Å². The highest BCUT2D eigenvalue weighted by atomic mass is 127. The summed E-state index contributed by atoms with van der Waals surface area (Å²) in [6, 6.07) is 17.4. The van der Waals surface area contributed by atoms with Gasteiger partial charge in [-0.05, 0) is 55.0 Å². The summed E-state index contributed by atoms with van der Waals surface area (Å²) >= 11 is 0. The molecule has 1 unspecified atom stereocenters. The summed E-state index contributed by atoms with van der Waals surface area (Å²) in [6.45, 7) is 5.17. The Morgan fingerprint density at radius 3 is 2.48 bits per heavy atom. The smallest absolute Gasteiger partial charge is 0.190 e. The first kappa shape index (κ1) is 23.6. The number of nitrogens with one attached hydrogen (secondary N) is 2. The van der Waals surface area contributed by atoms with Crippen molar-refractivity contribution < 1.29 is 4.39 Å². The molecule has 1 heterocycles. The van der Waals surface area contributed by atoms with Crippen LogP contribution in [-0.4, -0.2) is 50.6 Å². The lowest BCUT2D eigenvalue weighted by molar-refractivity contribution is 0.328. The van der Waals surface area contributed by atoms with E-state index in [-0.39, 0.29) is 29.8 Å². The summed E-state index contributed by atoms with van der Waals surface area (Å²) in [5.74, 6) is 1.31. The number of rotatable bonds is 8. The van der Waals surface area contributed by atoms with Gasteiger partial charge in [0.1, 0.15) is 5.82 Å². The minimum Gasteiger partial charge on any atom is -0.356 e. The minimum absolute atomic E-state index is 0. The third kappa shape index (κ3) is 8.30. The molecule has 1 atom stereocenters. The quantitative estimate of drug-likeness (QED) is 0.323. The summed E-state index contributed by atoms with van der Waals surface area (Å²) < 4.78 is 13.0. The SMILES string of the molecule is CN=C(NCCc1ccc(F)cc1)NCC1CCN(CCc2ccccc2)C1.I. The van der Waals surface area contributed by atoms with Gasteiger partial charge < -0.3 is 15.5 Å². The largest absolute Gasteiger partial charge is 0.356 e. The lowest BCUT2D eigenvalue weighted by Gasteiger charge is -2.17. The predicted octanol–water partition coefficient (Wildman–Crippen LogP) is 3.72. The Morgan fingerprint density at radius 1 is 1.03 bits per heavy atom. The number of aliphatic imine (C=N–C) groups is 1. The normalized spacial score (nSPS) is 17.0. The number of guanidine groups is 1. The Labute approximate surface area is 191 Å². The first-order valence-corrected chi connectivity index (χ1v) is 10.2. The highest BCUT2D eigenvalue weighted by molar-refractivity contribution is 14.0. The van der Waals surface area contributed by atoms with Gasteiger partial charge in [-0.25, -0.2) is 4.39 Å². The van der Waals surface area contributed by atoms with Crippen molar-refractivity contribution in [2.75, 3.05) is 39.8 Å². The van der Waals surface area contributed by atoms with Crippen molar-refractivity contribution in [2.24, 2.45) is 10.9 Å². The summed E-state index contributed by atoms with van der Waals surface area (Å²) in [5.41, 5.74) is 2.53. The van der Waals surface area contributed by atoms with Gasteiger partial charge in [-0.3, -0.25) is 4.99 Å². The van der Waals surface area contributed by atoms with Gasteiger partial charge in [0.05, 0.1) is 0 Å². The summed E-state index contributed by atoms with van der Waals surface area (Å²) in [5, 5.41) is 6.80. The van der Waals surface area contributed by atoms with Gasteiger partial charge in [-0.2, -0.15) is 0 Å². The first-order valence-electron chi connectivity index (χ1n) is 10.2. The van der Waals surface area contributed by atoms with Crippen LogP contribution in [0.1, 0.15) is 17.5 Å². The third-order valence-corrected chi connectivity index (χ3v) is 5.33. The van der Waals surface area contributed by atoms with Crippen molar-refractivity contribution >= 4 is 29.9 Å². The predicted molar refractivity (Wildman–Crippen MR) is 130 cm³/mol. The van der Waals surface area contributed by atoms with Gasteiger partial charge >= 0.3 is 0 Å². The van der Waals surface area contributed by atoms with E-state index >= 15 is 0 Å². The summed E-state index contributed by atoms with van der Waals surface area (Å²) in [6.07, 6.45) is 3.19. The average molecular weight is 510 g/mol. The number of benzene rings is 2. The van der Waals surface area contributed by atoms with Crippen LogP contribution >= 0.6 is 24.0 Å². The number of halogens is 2. The molecule has 1 aliphatic heterocycles. The van der Waals surface area contributed by atoms with E-state index in [4.69, 9.17) is 0 Å². The molecule has 29 heavy (non-hydrogen) atoms. The zero-order valence-electron chi connectivity index (χ0n) is 17.1. The average Bonchev–Trinajstić information content (AvgIpc) is 3.19. The summed E-state index contributed by atoms with van der Waals surface area (Å²) in [4.78, 5) is 6.87. The van der Waals surface area contributed by atoms with Crippen LogP contribution < -0.4 is 10.6 Å². The fourth-order valence-electron chi connectivity index (χ4n) is 3.65. The Hall–Kier alpha value is -1.67. The first-order chi connectivity index (χ1) is 13.7. The van der Waals surface area contributed by atoms with Crippen LogP contribution in [0.5, 0.6) is 0 Å². The number of likely N-dealkylation sites (tertiary alicyclic amines) is 1. The second-order valence-electron chi connectivity index (χ2n) is 7.45. The second kappa shape index (κ2) is 12.8. The maximum Gasteiger partial charge on any atom is 0.190 e. The fourth-order valence-corrected chi connectivity index (χ4v) is 3.65. The topological polar surface area (TPSA) is 39.7 Å². The van der Waals surface area contributed by atoms with Crippen molar-refractivity contribution in [2.45, 2.75) is 19.3 Å². The lowest BCUT2D eigenvalue weighted by Crippen LogP contribution is -2.41. The molecular weight excluding hydrogens is 478 g/mol. The molecule has 4 nitrogen and oxygen atoms in total. The van der Waals surface area contributed by atoms with Gasteiger partial charge in [0.25, 0.3) is 0 Å². The van der Waals surface area contributed by atoms with E-state index in [1.165, 1.54) is 30.7 Å². The van der Waals surface area contributed by atoms with Crippen LogP contribution in [0.3, 0.4) is 0 Å². The molecule has 0 aromatic heterocycles. The van der Waals surface area contributed by atoms with E-state index in [9.17, 15) is 4.39 Å². The zero-order valence-corrected chi connectivity index (χ0v) is 19.4. The van der Waals surface area contributed by atoms with Crippen molar-refractivity contribution in [1.29, 1.82) is 0 Å². The van der Waals surface area contributed by atoms with Crippen LogP contribution in [0, 0.1) is 11.7 Å².